The highest BCUT2D eigenvalue weighted by molar-refractivity contribution is 5.95. The first-order chi connectivity index (χ1) is 14.5. The summed E-state index contributed by atoms with van der Waals surface area (Å²) in [5, 5.41) is 9.75. The van der Waals surface area contributed by atoms with Crippen LogP contribution in [-0.4, -0.2) is 22.8 Å². The van der Waals surface area contributed by atoms with E-state index >= 15 is 0 Å². The molecule has 152 valence electrons. The number of hydrogen-bond acceptors (Lipinski definition) is 3. The Hall–Kier alpha value is -3.60. The first-order valence-corrected chi connectivity index (χ1v) is 9.98. The number of ether oxygens (including phenoxy) is 1. The van der Waals surface area contributed by atoms with Gasteiger partial charge in [-0.25, -0.2) is 0 Å². The minimum absolute atomic E-state index is 0.111. The van der Waals surface area contributed by atoms with Crippen LogP contribution in [0.3, 0.4) is 0 Å². The lowest BCUT2D eigenvalue weighted by atomic mass is 10.0. The number of fused-ring (bicyclic) bond motifs is 1. The van der Waals surface area contributed by atoms with Gasteiger partial charge in [-0.3, -0.25) is 9.48 Å². The van der Waals surface area contributed by atoms with Crippen LogP contribution in [0.5, 0.6) is 5.75 Å². The number of hydrogen-bond donors (Lipinski definition) is 1. The molecule has 1 N–H and O–H groups in total. The van der Waals surface area contributed by atoms with E-state index in [9.17, 15) is 4.79 Å². The van der Waals surface area contributed by atoms with Crippen molar-refractivity contribution in [3.8, 4) is 5.75 Å². The van der Waals surface area contributed by atoms with Crippen molar-refractivity contribution in [3.63, 3.8) is 0 Å². The van der Waals surface area contributed by atoms with E-state index in [0.29, 0.717) is 18.7 Å². The molecule has 0 atom stereocenters. The number of nitrogens with one attached hydrogen (secondary N) is 1. The molecule has 3 aromatic carbocycles. The summed E-state index contributed by atoms with van der Waals surface area (Å²) < 4.78 is 7.48. The Morgan fingerprint density at radius 2 is 1.87 bits per heavy atom. The maximum absolute atomic E-state index is 12.9. The van der Waals surface area contributed by atoms with E-state index in [1.807, 2.05) is 79.2 Å². The second kappa shape index (κ2) is 8.41. The van der Waals surface area contributed by atoms with Crippen molar-refractivity contribution >= 4 is 16.7 Å². The van der Waals surface area contributed by atoms with Gasteiger partial charge in [-0.2, -0.15) is 5.10 Å². The molecule has 30 heavy (non-hydrogen) atoms. The Morgan fingerprint density at radius 3 is 2.63 bits per heavy atom. The van der Waals surface area contributed by atoms with Gasteiger partial charge >= 0.3 is 0 Å². The lowest BCUT2D eigenvalue weighted by Crippen LogP contribution is -2.23. The Balaban J connectivity index is 1.53. The van der Waals surface area contributed by atoms with Crippen LogP contribution in [0.15, 0.2) is 66.7 Å². The molecule has 1 heterocycles. The summed E-state index contributed by atoms with van der Waals surface area (Å²) in [4.78, 5) is 12.9. The fourth-order valence-corrected chi connectivity index (χ4v) is 3.78. The normalized spacial score (nSPS) is 10.9. The molecule has 0 saturated carbocycles. The third-order valence-electron chi connectivity index (χ3n) is 5.27. The molecule has 0 unspecified atom stereocenters. The van der Waals surface area contributed by atoms with Gasteiger partial charge in [0.15, 0.2) is 0 Å². The molecule has 1 amide bonds. The molecule has 0 aliphatic rings. The van der Waals surface area contributed by atoms with Gasteiger partial charge in [0.2, 0.25) is 0 Å². The number of amides is 1. The predicted octanol–water partition coefficient (Wildman–Crippen LogP) is 4.64. The molecule has 0 bridgehead atoms. The second-order valence-corrected chi connectivity index (χ2v) is 7.44. The van der Waals surface area contributed by atoms with Crippen LogP contribution < -0.4 is 10.1 Å². The number of benzene rings is 3. The van der Waals surface area contributed by atoms with E-state index in [0.717, 1.165) is 39.0 Å². The number of aromatic nitrogens is 2. The SMILES string of the molecule is COc1ccc2ccccc2c1CNC(=O)c1cccc(Cn2nc(C)cc2C)c1. The Bertz CT molecular complexity index is 1210. The zero-order chi connectivity index (χ0) is 21.1. The highest BCUT2D eigenvalue weighted by atomic mass is 16.5. The number of aryl methyl sites for hydroxylation is 2. The van der Waals surface area contributed by atoms with Gasteiger partial charge in [-0.15, -0.1) is 0 Å². The number of rotatable bonds is 6. The Kier molecular flexibility index (Phi) is 5.53. The Labute approximate surface area is 176 Å². The maximum Gasteiger partial charge on any atom is 0.251 e. The Morgan fingerprint density at radius 1 is 1.03 bits per heavy atom. The zero-order valence-electron chi connectivity index (χ0n) is 17.5. The largest absolute Gasteiger partial charge is 0.496 e. The molecule has 5 nitrogen and oxygen atoms in total. The van der Waals surface area contributed by atoms with Crippen LogP contribution >= 0.6 is 0 Å². The monoisotopic (exact) mass is 399 g/mol. The topological polar surface area (TPSA) is 56.1 Å². The van der Waals surface area contributed by atoms with Crippen LogP contribution in [0.25, 0.3) is 10.8 Å². The van der Waals surface area contributed by atoms with Crippen molar-refractivity contribution < 1.29 is 9.53 Å². The van der Waals surface area contributed by atoms with Gasteiger partial charge in [0.05, 0.1) is 19.3 Å². The quantitative estimate of drug-likeness (QED) is 0.514. The van der Waals surface area contributed by atoms with Crippen LogP contribution in [0.4, 0.5) is 0 Å². The van der Waals surface area contributed by atoms with E-state index < -0.39 is 0 Å². The molecule has 0 radical (unpaired) electrons. The molecular weight excluding hydrogens is 374 g/mol. The third-order valence-corrected chi connectivity index (χ3v) is 5.27. The summed E-state index contributed by atoms with van der Waals surface area (Å²) >= 11 is 0. The van der Waals surface area contributed by atoms with Crippen molar-refractivity contribution in [3.05, 3.63) is 94.8 Å². The molecule has 4 aromatic rings. The smallest absolute Gasteiger partial charge is 0.251 e. The molecule has 0 aliphatic carbocycles. The minimum Gasteiger partial charge on any atom is -0.496 e. The third kappa shape index (κ3) is 4.06. The molecule has 1 aromatic heterocycles. The molecule has 0 aliphatic heterocycles. The molecule has 0 spiro atoms. The van der Waals surface area contributed by atoms with Crippen LogP contribution in [0.1, 0.15) is 32.9 Å². The standard InChI is InChI=1S/C25H25N3O2/c1-17-13-18(2)28(27-17)16-19-7-6-9-21(14-19)25(29)26-15-23-22-10-5-4-8-20(22)11-12-24(23)30-3/h4-14H,15-16H2,1-3H3,(H,26,29). The fourth-order valence-electron chi connectivity index (χ4n) is 3.78. The maximum atomic E-state index is 12.9. The van der Waals surface area contributed by atoms with Gasteiger partial charge in [-0.1, -0.05) is 42.5 Å². The average Bonchev–Trinajstić information content (AvgIpc) is 3.08. The second-order valence-electron chi connectivity index (χ2n) is 7.44. The summed E-state index contributed by atoms with van der Waals surface area (Å²) in [5.74, 6) is 0.660. The van der Waals surface area contributed by atoms with Gasteiger partial charge in [0, 0.05) is 23.4 Å². The van der Waals surface area contributed by atoms with Crippen molar-refractivity contribution in [2.75, 3.05) is 7.11 Å². The summed E-state index contributed by atoms with van der Waals surface area (Å²) in [5.41, 5.74) is 4.74. The van der Waals surface area contributed by atoms with Gasteiger partial charge < -0.3 is 10.1 Å². The highest BCUT2D eigenvalue weighted by Crippen LogP contribution is 2.27. The van der Waals surface area contributed by atoms with E-state index in [2.05, 4.69) is 16.5 Å². The summed E-state index contributed by atoms with van der Waals surface area (Å²) in [7, 11) is 1.65. The molecule has 0 fully saturated rings. The van der Waals surface area contributed by atoms with E-state index in [1.54, 1.807) is 7.11 Å². The molecule has 4 rings (SSSR count). The fraction of sp³-hybridized carbons (Fsp3) is 0.200. The van der Waals surface area contributed by atoms with Crippen molar-refractivity contribution in [1.29, 1.82) is 0 Å². The molecule has 5 heteroatoms. The van der Waals surface area contributed by atoms with Crippen molar-refractivity contribution in [1.82, 2.24) is 15.1 Å². The zero-order valence-corrected chi connectivity index (χ0v) is 17.5. The number of nitrogens with zero attached hydrogens (tertiary/aromatic N) is 2. The highest BCUT2D eigenvalue weighted by Gasteiger charge is 2.12. The van der Waals surface area contributed by atoms with Crippen LogP contribution in [0, 0.1) is 13.8 Å². The molecular formula is C25H25N3O2. The average molecular weight is 399 g/mol. The number of carbonyl (C=O) groups excluding carboxylic acids is 1. The minimum atomic E-state index is -0.111. The van der Waals surface area contributed by atoms with Crippen LogP contribution in [0.2, 0.25) is 0 Å². The van der Waals surface area contributed by atoms with E-state index in [1.165, 1.54) is 0 Å². The van der Waals surface area contributed by atoms with Crippen LogP contribution in [-0.2, 0) is 13.1 Å². The molecule has 0 saturated heterocycles. The van der Waals surface area contributed by atoms with E-state index in [-0.39, 0.29) is 5.91 Å². The van der Waals surface area contributed by atoms with Gasteiger partial charge in [0.25, 0.3) is 5.91 Å². The van der Waals surface area contributed by atoms with Gasteiger partial charge in [-0.05, 0) is 54.4 Å². The number of carbonyl (C=O) groups is 1. The lowest BCUT2D eigenvalue weighted by Gasteiger charge is -2.13. The first kappa shape index (κ1) is 19.7. The lowest BCUT2D eigenvalue weighted by molar-refractivity contribution is 0.0950. The summed E-state index contributed by atoms with van der Waals surface area (Å²) in [6.07, 6.45) is 0. The summed E-state index contributed by atoms with van der Waals surface area (Å²) in [6, 6.07) is 21.8. The van der Waals surface area contributed by atoms with Crippen molar-refractivity contribution in [2.45, 2.75) is 26.9 Å². The first-order valence-electron chi connectivity index (χ1n) is 9.98. The van der Waals surface area contributed by atoms with Crippen molar-refractivity contribution in [2.24, 2.45) is 0 Å². The van der Waals surface area contributed by atoms with E-state index in [4.69, 9.17) is 4.74 Å². The number of methoxy groups -OCH3 is 1. The van der Waals surface area contributed by atoms with Gasteiger partial charge in [0.1, 0.15) is 5.75 Å². The summed E-state index contributed by atoms with van der Waals surface area (Å²) in [6.45, 7) is 5.05. The predicted molar refractivity (Wildman–Crippen MR) is 119 cm³/mol.